The number of urea groups is 1. The van der Waals surface area contributed by atoms with Crippen LogP contribution in [-0.4, -0.2) is 24.0 Å². The van der Waals surface area contributed by atoms with Gasteiger partial charge in [0.25, 0.3) is 0 Å². The van der Waals surface area contributed by atoms with E-state index in [9.17, 15) is 9.59 Å². The van der Waals surface area contributed by atoms with Crippen LogP contribution in [0.15, 0.2) is 0 Å². The number of nitrogens with two attached hydrogens (primary N) is 1. The van der Waals surface area contributed by atoms with Gasteiger partial charge in [-0.2, -0.15) is 0 Å². The van der Waals surface area contributed by atoms with Crippen LogP contribution in [-0.2, 0) is 4.79 Å². The Labute approximate surface area is 89.8 Å². The number of carbonyl (C=O) groups is 2. The van der Waals surface area contributed by atoms with Gasteiger partial charge < -0.3 is 11.1 Å². The lowest BCUT2D eigenvalue weighted by molar-refractivity contribution is -0.121. The smallest absolute Gasteiger partial charge is 0.318 e. The second-order valence-corrected chi connectivity index (χ2v) is 4.32. The van der Waals surface area contributed by atoms with E-state index in [1.807, 2.05) is 6.92 Å². The van der Waals surface area contributed by atoms with Crippen LogP contribution in [0.25, 0.3) is 0 Å². The van der Waals surface area contributed by atoms with Crippen molar-refractivity contribution in [3.63, 3.8) is 0 Å². The largest absolute Gasteiger partial charge is 0.351 e. The molecule has 2 atom stereocenters. The molecule has 0 saturated heterocycles. The van der Waals surface area contributed by atoms with Crippen molar-refractivity contribution in [1.29, 1.82) is 0 Å². The number of carbonyl (C=O) groups excluding carboxylic acids is 2. The molecule has 15 heavy (non-hydrogen) atoms. The van der Waals surface area contributed by atoms with Gasteiger partial charge in [-0.1, -0.05) is 12.8 Å². The topological polar surface area (TPSA) is 84.2 Å². The number of primary amides is 1. The number of nitrogens with one attached hydrogen (secondary N) is 2. The molecule has 1 rings (SSSR count). The summed E-state index contributed by atoms with van der Waals surface area (Å²) >= 11 is 0. The van der Waals surface area contributed by atoms with Gasteiger partial charge in [0.05, 0.1) is 6.04 Å². The standard InChI is InChI=1S/C10H19N3O2/c1-6(5-8-3-4-8)12-7(2)9(14)13-10(11)15/h6-8,12H,3-5H2,1-2H3,(H3,11,13,14,15). The first-order valence-corrected chi connectivity index (χ1v) is 5.35. The maximum atomic E-state index is 11.3. The molecule has 0 aliphatic heterocycles. The van der Waals surface area contributed by atoms with E-state index in [-0.39, 0.29) is 11.9 Å². The first-order valence-electron chi connectivity index (χ1n) is 5.35. The van der Waals surface area contributed by atoms with Gasteiger partial charge >= 0.3 is 6.03 Å². The van der Waals surface area contributed by atoms with E-state index in [2.05, 4.69) is 10.6 Å². The third kappa shape index (κ3) is 4.78. The molecular formula is C10H19N3O2. The van der Waals surface area contributed by atoms with Gasteiger partial charge in [0.15, 0.2) is 0 Å². The van der Waals surface area contributed by atoms with Crippen LogP contribution >= 0.6 is 0 Å². The van der Waals surface area contributed by atoms with Gasteiger partial charge in [0.2, 0.25) is 5.91 Å². The van der Waals surface area contributed by atoms with Crippen LogP contribution in [0.5, 0.6) is 0 Å². The first-order chi connectivity index (χ1) is 6.99. The number of imide groups is 1. The summed E-state index contributed by atoms with van der Waals surface area (Å²) in [6.07, 6.45) is 3.69. The lowest BCUT2D eigenvalue weighted by Gasteiger charge is -2.18. The van der Waals surface area contributed by atoms with Gasteiger partial charge in [-0.25, -0.2) is 4.79 Å². The van der Waals surface area contributed by atoms with E-state index in [0.717, 1.165) is 12.3 Å². The van der Waals surface area contributed by atoms with Crippen molar-refractivity contribution in [2.24, 2.45) is 11.7 Å². The quantitative estimate of drug-likeness (QED) is 0.616. The molecule has 1 saturated carbocycles. The molecule has 0 aromatic rings. The van der Waals surface area contributed by atoms with Crippen molar-refractivity contribution in [3.8, 4) is 0 Å². The number of rotatable bonds is 5. The van der Waals surface area contributed by atoms with E-state index in [1.165, 1.54) is 12.8 Å². The molecule has 5 heteroatoms. The van der Waals surface area contributed by atoms with Gasteiger partial charge in [-0.3, -0.25) is 10.1 Å². The second kappa shape index (κ2) is 5.11. The molecule has 1 aliphatic carbocycles. The molecule has 0 radical (unpaired) electrons. The lowest BCUT2D eigenvalue weighted by atomic mass is 10.1. The molecule has 0 heterocycles. The van der Waals surface area contributed by atoms with Crippen molar-refractivity contribution in [3.05, 3.63) is 0 Å². The third-order valence-corrected chi connectivity index (χ3v) is 2.56. The van der Waals surface area contributed by atoms with Gasteiger partial charge in [-0.05, 0) is 26.2 Å². The molecule has 3 amide bonds. The summed E-state index contributed by atoms with van der Waals surface area (Å²) < 4.78 is 0. The van der Waals surface area contributed by atoms with E-state index in [4.69, 9.17) is 5.73 Å². The van der Waals surface area contributed by atoms with E-state index in [1.54, 1.807) is 6.92 Å². The molecule has 0 aromatic heterocycles. The van der Waals surface area contributed by atoms with Crippen LogP contribution in [0.3, 0.4) is 0 Å². The molecule has 0 aromatic carbocycles. The fraction of sp³-hybridized carbons (Fsp3) is 0.800. The highest BCUT2D eigenvalue weighted by atomic mass is 16.2. The molecule has 1 aliphatic rings. The van der Waals surface area contributed by atoms with Crippen LogP contribution in [0.2, 0.25) is 0 Å². The average molecular weight is 213 g/mol. The molecular weight excluding hydrogens is 194 g/mol. The third-order valence-electron chi connectivity index (χ3n) is 2.56. The van der Waals surface area contributed by atoms with Crippen molar-refractivity contribution >= 4 is 11.9 Å². The Morgan fingerprint density at radius 3 is 2.47 bits per heavy atom. The summed E-state index contributed by atoms with van der Waals surface area (Å²) in [4.78, 5) is 21.8. The zero-order valence-electron chi connectivity index (χ0n) is 9.25. The van der Waals surface area contributed by atoms with Crippen LogP contribution < -0.4 is 16.4 Å². The van der Waals surface area contributed by atoms with Crippen molar-refractivity contribution in [2.45, 2.75) is 45.2 Å². The first kappa shape index (κ1) is 12.0. The second-order valence-electron chi connectivity index (χ2n) is 4.32. The molecule has 5 nitrogen and oxygen atoms in total. The molecule has 1 fully saturated rings. The van der Waals surface area contributed by atoms with Crippen LogP contribution in [0.1, 0.15) is 33.1 Å². The average Bonchev–Trinajstić information content (AvgIpc) is 2.86. The predicted molar refractivity (Wildman–Crippen MR) is 57.1 cm³/mol. The Hall–Kier alpha value is -1.10. The predicted octanol–water partition coefficient (Wildman–Crippen LogP) is 0.348. The fourth-order valence-electron chi connectivity index (χ4n) is 1.65. The summed E-state index contributed by atoms with van der Waals surface area (Å²) in [6, 6.07) is -0.888. The SMILES string of the molecule is CC(CC1CC1)NC(C)C(=O)NC(N)=O. The van der Waals surface area contributed by atoms with Crippen molar-refractivity contribution in [2.75, 3.05) is 0 Å². The molecule has 86 valence electrons. The number of amides is 3. The summed E-state index contributed by atoms with van der Waals surface area (Å²) in [5.41, 5.74) is 4.85. The van der Waals surface area contributed by atoms with E-state index >= 15 is 0 Å². The van der Waals surface area contributed by atoms with Gasteiger partial charge in [0, 0.05) is 6.04 Å². The molecule has 0 bridgehead atoms. The minimum atomic E-state index is -0.802. The highest BCUT2D eigenvalue weighted by Gasteiger charge is 2.25. The Balaban J connectivity index is 2.22. The Morgan fingerprint density at radius 1 is 1.40 bits per heavy atom. The summed E-state index contributed by atoms with van der Waals surface area (Å²) in [7, 11) is 0. The highest BCUT2D eigenvalue weighted by molar-refractivity contribution is 5.96. The monoisotopic (exact) mass is 213 g/mol. The normalized spacial score (nSPS) is 19.3. The zero-order chi connectivity index (χ0) is 11.4. The number of hydrogen-bond acceptors (Lipinski definition) is 3. The van der Waals surface area contributed by atoms with Crippen molar-refractivity contribution in [1.82, 2.24) is 10.6 Å². The Bertz CT molecular complexity index is 251. The number of hydrogen-bond donors (Lipinski definition) is 3. The maximum absolute atomic E-state index is 11.3. The van der Waals surface area contributed by atoms with Gasteiger partial charge in [-0.15, -0.1) is 0 Å². The maximum Gasteiger partial charge on any atom is 0.318 e. The van der Waals surface area contributed by atoms with Gasteiger partial charge in [0.1, 0.15) is 0 Å². The van der Waals surface area contributed by atoms with Crippen LogP contribution in [0, 0.1) is 5.92 Å². The van der Waals surface area contributed by atoms with E-state index < -0.39 is 6.03 Å². The fourth-order valence-corrected chi connectivity index (χ4v) is 1.65. The van der Waals surface area contributed by atoms with Crippen LogP contribution in [0.4, 0.5) is 4.79 Å². The highest BCUT2D eigenvalue weighted by Crippen LogP contribution is 2.33. The summed E-state index contributed by atoms with van der Waals surface area (Å²) in [5, 5.41) is 5.19. The zero-order valence-corrected chi connectivity index (χ0v) is 9.25. The molecule has 2 unspecified atom stereocenters. The minimum absolute atomic E-state index is 0.297. The Kier molecular flexibility index (Phi) is 4.08. The minimum Gasteiger partial charge on any atom is -0.351 e. The molecule has 4 N–H and O–H groups in total. The summed E-state index contributed by atoms with van der Waals surface area (Å²) in [5.74, 6) is 0.448. The van der Waals surface area contributed by atoms with Crippen molar-refractivity contribution < 1.29 is 9.59 Å². The Morgan fingerprint density at radius 2 is 2.00 bits per heavy atom. The van der Waals surface area contributed by atoms with E-state index in [0.29, 0.717) is 6.04 Å². The lowest BCUT2D eigenvalue weighted by Crippen LogP contribution is -2.48. The molecule has 0 spiro atoms. The summed E-state index contributed by atoms with van der Waals surface area (Å²) in [6.45, 7) is 3.77.